The number of nitrogens with one attached hydrogen (secondary N) is 1. The summed E-state index contributed by atoms with van der Waals surface area (Å²) in [6.07, 6.45) is 1.13. The van der Waals surface area contributed by atoms with Crippen molar-refractivity contribution in [3.05, 3.63) is 52.2 Å². The van der Waals surface area contributed by atoms with Gasteiger partial charge in [-0.2, -0.15) is 0 Å². The number of likely N-dealkylation sites (N-methyl/N-ethyl adjacent to an activating group) is 1. The van der Waals surface area contributed by atoms with Crippen LogP contribution in [-0.4, -0.2) is 66.8 Å². The second-order valence-corrected chi connectivity index (χ2v) is 8.53. The van der Waals surface area contributed by atoms with Crippen molar-refractivity contribution < 1.29 is 23.9 Å². The van der Waals surface area contributed by atoms with Gasteiger partial charge in [0, 0.05) is 31.4 Å². The van der Waals surface area contributed by atoms with Crippen LogP contribution in [0.25, 0.3) is 0 Å². The van der Waals surface area contributed by atoms with E-state index in [1.165, 1.54) is 16.2 Å². The summed E-state index contributed by atoms with van der Waals surface area (Å²) in [4.78, 5) is 53.2. The third kappa shape index (κ3) is 5.94. The van der Waals surface area contributed by atoms with Crippen LogP contribution in [0.5, 0.6) is 0 Å². The Kier molecular flexibility index (Phi) is 7.99. The molecule has 3 amide bonds. The Morgan fingerprint density at radius 2 is 1.91 bits per heavy atom. The van der Waals surface area contributed by atoms with Crippen LogP contribution >= 0.6 is 11.3 Å². The summed E-state index contributed by atoms with van der Waals surface area (Å²) in [6.45, 7) is 3.00. The molecule has 0 radical (unpaired) electrons. The molecule has 8 nitrogen and oxygen atoms in total. The minimum atomic E-state index is -0.313. The summed E-state index contributed by atoms with van der Waals surface area (Å²) in [5.41, 5.74) is 0.889. The van der Waals surface area contributed by atoms with E-state index in [1.807, 2.05) is 5.38 Å². The average molecular weight is 458 g/mol. The lowest BCUT2D eigenvalue weighted by molar-refractivity contribution is -0.151. The maximum absolute atomic E-state index is 12.8. The van der Waals surface area contributed by atoms with Crippen molar-refractivity contribution >= 4 is 40.7 Å². The van der Waals surface area contributed by atoms with Crippen LogP contribution in [0.3, 0.4) is 0 Å². The van der Waals surface area contributed by atoms with Crippen molar-refractivity contribution in [2.24, 2.45) is 5.92 Å². The molecule has 0 bridgehead atoms. The van der Waals surface area contributed by atoms with Crippen LogP contribution < -0.4 is 5.32 Å². The third-order valence-corrected chi connectivity index (χ3v) is 6.17. The fraction of sp³-hybridized carbons (Fsp3) is 0.391. The number of thiophene rings is 1. The van der Waals surface area contributed by atoms with Crippen molar-refractivity contribution in [3.8, 4) is 0 Å². The van der Waals surface area contributed by atoms with Gasteiger partial charge in [-0.15, -0.1) is 11.3 Å². The van der Waals surface area contributed by atoms with Crippen LogP contribution in [0.2, 0.25) is 0 Å². The SMILES string of the molecule is CCOC(=O)C1CCN(C(=O)CN(C)C(=O)c2cccc(NC(=O)c3cccs3)c2)CC1. The van der Waals surface area contributed by atoms with Gasteiger partial charge < -0.3 is 19.9 Å². The number of carbonyl (C=O) groups excluding carboxylic acids is 4. The maximum atomic E-state index is 12.8. The Morgan fingerprint density at radius 3 is 2.56 bits per heavy atom. The summed E-state index contributed by atoms with van der Waals surface area (Å²) in [5.74, 6) is -1.10. The van der Waals surface area contributed by atoms with E-state index in [0.717, 1.165) is 0 Å². The van der Waals surface area contributed by atoms with E-state index in [0.29, 0.717) is 48.7 Å². The van der Waals surface area contributed by atoms with Crippen LogP contribution in [0, 0.1) is 5.92 Å². The van der Waals surface area contributed by atoms with E-state index in [4.69, 9.17) is 4.74 Å². The molecule has 170 valence electrons. The van der Waals surface area contributed by atoms with Crippen molar-refractivity contribution in [3.63, 3.8) is 0 Å². The molecular formula is C23H27N3O5S. The fourth-order valence-corrected chi connectivity index (χ4v) is 4.17. The normalized spacial score (nSPS) is 14.0. The number of piperidine rings is 1. The zero-order valence-electron chi connectivity index (χ0n) is 18.2. The molecule has 1 aromatic carbocycles. The lowest BCUT2D eigenvalue weighted by atomic mass is 9.97. The number of hydrogen-bond acceptors (Lipinski definition) is 6. The van der Waals surface area contributed by atoms with Gasteiger partial charge in [0.05, 0.1) is 23.9 Å². The summed E-state index contributed by atoms with van der Waals surface area (Å²) in [5, 5.41) is 4.60. The first-order chi connectivity index (χ1) is 15.4. The highest BCUT2D eigenvalue weighted by atomic mass is 32.1. The Labute approximate surface area is 191 Å². The average Bonchev–Trinajstić information content (AvgIpc) is 3.34. The number of benzene rings is 1. The number of nitrogens with zero attached hydrogens (tertiary/aromatic N) is 2. The Hall–Kier alpha value is -3.20. The molecule has 2 aromatic rings. The first-order valence-corrected chi connectivity index (χ1v) is 11.4. The van der Waals surface area contributed by atoms with E-state index >= 15 is 0 Å². The highest BCUT2D eigenvalue weighted by molar-refractivity contribution is 7.12. The fourth-order valence-electron chi connectivity index (χ4n) is 3.55. The second kappa shape index (κ2) is 10.9. The van der Waals surface area contributed by atoms with E-state index in [9.17, 15) is 19.2 Å². The summed E-state index contributed by atoms with van der Waals surface area (Å²) in [6, 6.07) is 10.2. The smallest absolute Gasteiger partial charge is 0.309 e. The van der Waals surface area contributed by atoms with Crippen LogP contribution in [0.4, 0.5) is 5.69 Å². The molecule has 0 atom stereocenters. The van der Waals surface area contributed by atoms with Gasteiger partial charge in [-0.05, 0) is 49.4 Å². The highest BCUT2D eigenvalue weighted by Crippen LogP contribution is 2.19. The number of anilines is 1. The number of ether oxygens (including phenoxy) is 1. The largest absolute Gasteiger partial charge is 0.466 e. The van der Waals surface area contributed by atoms with Gasteiger partial charge in [0.15, 0.2) is 0 Å². The highest BCUT2D eigenvalue weighted by Gasteiger charge is 2.29. The number of amides is 3. The van der Waals surface area contributed by atoms with Gasteiger partial charge in [0.25, 0.3) is 11.8 Å². The van der Waals surface area contributed by atoms with Gasteiger partial charge >= 0.3 is 5.97 Å². The Bertz CT molecular complexity index is 968. The predicted molar refractivity (Wildman–Crippen MR) is 122 cm³/mol. The van der Waals surface area contributed by atoms with Gasteiger partial charge in [-0.3, -0.25) is 19.2 Å². The first kappa shape index (κ1) is 23.5. The number of carbonyl (C=O) groups is 4. The maximum Gasteiger partial charge on any atom is 0.309 e. The molecule has 1 fully saturated rings. The van der Waals surface area contributed by atoms with Crippen molar-refractivity contribution in [2.45, 2.75) is 19.8 Å². The van der Waals surface area contributed by atoms with Crippen molar-refractivity contribution in [1.29, 1.82) is 0 Å². The molecule has 2 heterocycles. The second-order valence-electron chi connectivity index (χ2n) is 7.58. The summed E-state index contributed by atoms with van der Waals surface area (Å²) >= 11 is 1.33. The monoisotopic (exact) mass is 457 g/mol. The zero-order valence-corrected chi connectivity index (χ0v) is 19.0. The lowest BCUT2D eigenvalue weighted by Gasteiger charge is -2.32. The topological polar surface area (TPSA) is 96.0 Å². The van der Waals surface area contributed by atoms with Gasteiger partial charge in [0.2, 0.25) is 5.91 Å². The molecule has 3 rings (SSSR count). The number of likely N-dealkylation sites (tertiary alicyclic amines) is 1. The van der Waals surface area contributed by atoms with E-state index < -0.39 is 0 Å². The zero-order chi connectivity index (χ0) is 23.1. The van der Waals surface area contributed by atoms with E-state index in [1.54, 1.807) is 55.3 Å². The third-order valence-electron chi connectivity index (χ3n) is 5.30. The number of hydrogen-bond donors (Lipinski definition) is 1. The molecule has 0 spiro atoms. The van der Waals surface area contributed by atoms with E-state index in [-0.39, 0.29) is 36.2 Å². The molecule has 1 aliphatic rings. The molecular weight excluding hydrogens is 430 g/mol. The van der Waals surface area contributed by atoms with Gasteiger partial charge in [-0.25, -0.2) is 0 Å². The Morgan fingerprint density at radius 1 is 1.16 bits per heavy atom. The van der Waals surface area contributed by atoms with Gasteiger partial charge in [0.1, 0.15) is 0 Å². The lowest BCUT2D eigenvalue weighted by Crippen LogP contribution is -2.45. The number of esters is 1. The van der Waals surface area contributed by atoms with Crippen LogP contribution in [0.1, 0.15) is 39.8 Å². The van der Waals surface area contributed by atoms with Crippen molar-refractivity contribution in [1.82, 2.24) is 9.80 Å². The number of rotatable bonds is 7. The Balaban J connectivity index is 1.54. The summed E-state index contributed by atoms with van der Waals surface area (Å²) in [7, 11) is 1.57. The predicted octanol–water partition coefficient (Wildman–Crippen LogP) is 2.87. The molecule has 0 aliphatic carbocycles. The minimum absolute atomic E-state index is 0.0608. The minimum Gasteiger partial charge on any atom is -0.466 e. The molecule has 1 saturated heterocycles. The van der Waals surface area contributed by atoms with Crippen LogP contribution in [-0.2, 0) is 14.3 Å². The molecule has 1 aromatic heterocycles. The molecule has 1 aliphatic heterocycles. The van der Waals surface area contributed by atoms with Crippen molar-refractivity contribution in [2.75, 3.05) is 38.6 Å². The van der Waals surface area contributed by atoms with E-state index in [2.05, 4.69) is 5.32 Å². The first-order valence-electron chi connectivity index (χ1n) is 10.5. The summed E-state index contributed by atoms with van der Waals surface area (Å²) < 4.78 is 5.06. The standard InChI is InChI=1S/C23H27N3O5S/c1-3-31-23(30)16-9-11-26(12-10-16)20(27)15-25(2)22(29)17-6-4-7-18(14-17)24-21(28)19-8-5-13-32-19/h4-8,13-14,16H,3,9-12,15H2,1-2H3,(H,24,28). The molecule has 32 heavy (non-hydrogen) atoms. The van der Waals surface area contributed by atoms with Crippen LogP contribution in [0.15, 0.2) is 41.8 Å². The molecule has 1 N–H and O–H groups in total. The quantitative estimate of drug-likeness (QED) is 0.645. The molecule has 0 unspecified atom stereocenters. The molecule has 0 saturated carbocycles. The molecule has 9 heteroatoms. The van der Waals surface area contributed by atoms with Gasteiger partial charge in [-0.1, -0.05) is 12.1 Å².